The van der Waals surface area contributed by atoms with Gasteiger partial charge in [-0.2, -0.15) is 0 Å². The molecule has 30 heavy (non-hydrogen) atoms. The number of ether oxygens (including phenoxy) is 2. The Kier molecular flexibility index (Phi) is 4.87. The Morgan fingerprint density at radius 2 is 1.63 bits per heavy atom. The van der Waals surface area contributed by atoms with E-state index < -0.39 is 0 Å². The Bertz CT molecular complexity index is 1070. The third kappa shape index (κ3) is 3.12. The Hall–Kier alpha value is -2.99. The molecule has 0 bridgehead atoms. The number of methoxy groups -OCH3 is 2. The summed E-state index contributed by atoms with van der Waals surface area (Å²) < 4.78 is 13.4. The van der Waals surface area contributed by atoms with Gasteiger partial charge < -0.3 is 24.3 Å². The Morgan fingerprint density at radius 1 is 0.933 bits per heavy atom. The largest absolute Gasteiger partial charge is 0.493 e. The topological polar surface area (TPSA) is 51.6 Å². The van der Waals surface area contributed by atoms with E-state index >= 15 is 0 Å². The molecule has 1 aromatic heterocycles. The van der Waals surface area contributed by atoms with E-state index in [0.29, 0.717) is 0 Å². The fourth-order valence-corrected chi connectivity index (χ4v) is 4.65. The van der Waals surface area contributed by atoms with Crippen molar-refractivity contribution >= 4 is 5.69 Å². The first-order chi connectivity index (χ1) is 14.7. The Morgan fingerprint density at radius 3 is 2.33 bits per heavy atom. The monoisotopic (exact) mass is 404 g/mol. The quantitative estimate of drug-likeness (QED) is 0.721. The van der Waals surface area contributed by atoms with Crippen LogP contribution in [-0.2, 0) is 13.0 Å². The maximum absolute atomic E-state index is 5.59. The van der Waals surface area contributed by atoms with Gasteiger partial charge in [0.1, 0.15) is 5.82 Å². The van der Waals surface area contributed by atoms with E-state index in [9.17, 15) is 0 Å². The van der Waals surface area contributed by atoms with Crippen LogP contribution in [0.1, 0.15) is 11.4 Å². The molecule has 3 aromatic rings. The molecule has 156 valence electrons. The van der Waals surface area contributed by atoms with Crippen LogP contribution in [0.25, 0.3) is 22.5 Å². The van der Waals surface area contributed by atoms with Crippen LogP contribution in [0.3, 0.4) is 0 Å². The van der Waals surface area contributed by atoms with Crippen LogP contribution in [-0.4, -0.2) is 49.9 Å². The van der Waals surface area contributed by atoms with E-state index in [1.54, 1.807) is 14.2 Å². The van der Waals surface area contributed by atoms with Gasteiger partial charge in [0.2, 0.25) is 0 Å². The summed E-state index contributed by atoms with van der Waals surface area (Å²) >= 11 is 0. The van der Waals surface area contributed by atoms with Crippen LogP contribution in [0, 0.1) is 6.92 Å². The zero-order chi connectivity index (χ0) is 20.7. The second-order valence-electron chi connectivity index (χ2n) is 7.91. The molecular formula is C24H28N4O2. The summed E-state index contributed by atoms with van der Waals surface area (Å²) in [5.74, 6) is 2.58. The van der Waals surface area contributed by atoms with Crippen molar-refractivity contribution in [1.29, 1.82) is 0 Å². The van der Waals surface area contributed by atoms with Crippen molar-refractivity contribution < 1.29 is 9.47 Å². The van der Waals surface area contributed by atoms with Crippen LogP contribution in [0.2, 0.25) is 0 Å². The lowest BCUT2D eigenvalue weighted by molar-refractivity contribution is 0.354. The minimum absolute atomic E-state index is 0.753. The number of aromatic nitrogens is 2. The van der Waals surface area contributed by atoms with Gasteiger partial charge in [0.25, 0.3) is 0 Å². The van der Waals surface area contributed by atoms with Gasteiger partial charge in [-0.15, -0.1) is 0 Å². The van der Waals surface area contributed by atoms with Crippen molar-refractivity contribution in [3.8, 4) is 34.0 Å². The summed E-state index contributed by atoms with van der Waals surface area (Å²) in [4.78, 5) is 7.40. The normalized spacial score (nSPS) is 15.5. The predicted octanol–water partition coefficient (Wildman–Crippen LogP) is 3.51. The summed E-state index contributed by atoms with van der Waals surface area (Å²) in [7, 11) is 3.37. The van der Waals surface area contributed by atoms with Crippen LogP contribution in [0.5, 0.6) is 11.5 Å². The fourth-order valence-electron chi connectivity index (χ4n) is 4.65. The van der Waals surface area contributed by atoms with E-state index in [-0.39, 0.29) is 0 Å². The standard InChI is InChI=1S/C24H28N4O2/c1-16-26-23(17-4-6-19(7-5-17)27-12-9-25-10-13-27)24-20-15-22(30-3)21(29-2)14-18(20)8-11-28(16)24/h4-7,14-15,25H,8-13H2,1-3H3. The van der Waals surface area contributed by atoms with Crippen LogP contribution in [0.4, 0.5) is 5.69 Å². The summed E-state index contributed by atoms with van der Waals surface area (Å²) in [6, 6.07) is 13.1. The molecule has 0 atom stereocenters. The molecule has 0 aliphatic carbocycles. The van der Waals surface area contributed by atoms with Crippen LogP contribution < -0.4 is 19.7 Å². The highest BCUT2D eigenvalue weighted by molar-refractivity contribution is 5.83. The first kappa shape index (κ1) is 19.0. The van der Waals surface area contributed by atoms with Gasteiger partial charge in [-0.1, -0.05) is 12.1 Å². The summed E-state index contributed by atoms with van der Waals surface area (Å²) in [5, 5.41) is 3.41. The molecule has 6 nitrogen and oxygen atoms in total. The first-order valence-electron chi connectivity index (χ1n) is 10.6. The number of benzene rings is 2. The Balaban J connectivity index is 1.58. The molecule has 0 unspecified atom stereocenters. The third-order valence-corrected chi connectivity index (χ3v) is 6.25. The highest BCUT2D eigenvalue weighted by Gasteiger charge is 2.26. The smallest absolute Gasteiger partial charge is 0.161 e. The molecule has 0 radical (unpaired) electrons. The van der Waals surface area contributed by atoms with E-state index in [4.69, 9.17) is 14.5 Å². The zero-order valence-corrected chi connectivity index (χ0v) is 17.9. The maximum Gasteiger partial charge on any atom is 0.161 e. The minimum Gasteiger partial charge on any atom is -0.493 e. The van der Waals surface area contributed by atoms with Crippen molar-refractivity contribution in [2.45, 2.75) is 19.9 Å². The molecule has 2 aliphatic rings. The SMILES string of the molecule is COc1cc2c(cc1OC)-c1c(-c3ccc(N4CCNCC4)cc3)nc(C)n1CC2. The van der Waals surface area contributed by atoms with Crippen LogP contribution in [0.15, 0.2) is 36.4 Å². The molecule has 1 fully saturated rings. The van der Waals surface area contributed by atoms with Crippen molar-refractivity contribution in [2.24, 2.45) is 0 Å². The number of anilines is 1. The van der Waals surface area contributed by atoms with Gasteiger partial charge >= 0.3 is 0 Å². The average Bonchev–Trinajstić information content (AvgIpc) is 3.15. The number of hydrogen-bond acceptors (Lipinski definition) is 5. The summed E-state index contributed by atoms with van der Waals surface area (Å²) in [6.45, 7) is 7.19. The minimum atomic E-state index is 0.753. The number of rotatable bonds is 4. The highest BCUT2D eigenvalue weighted by atomic mass is 16.5. The average molecular weight is 405 g/mol. The van der Waals surface area contributed by atoms with Gasteiger partial charge in [-0.25, -0.2) is 4.98 Å². The number of hydrogen-bond donors (Lipinski definition) is 1. The second kappa shape index (κ2) is 7.69. The number of imidazole rings is 1. The van der Waals surface area contributed by atoms with E-state index in [1.807, 2.05) is 0 Å². The van der Waals surface area contributed by atoms with Gasteiger partial charge in [-0.05, 0) is 43.2 Å². The lowest BCUT2D eigenvalue weighted by Crippen LogP contribution is -2.43. The summed E-state index contributed by atoms with van der Waals surface area (Å²) in [5.41, 5.74) is 7.08. The molecule has 0 spiro atoms. The number of fused-ring (bicyclic) bond motifs is 3. The van der Waals surface area contributed by atoms with Crippen LogP contribution >= 0.6 is 0 Å². The molecule has 5 rings (SSSR count). The molecule has 1 N–H and O–H groups in total. The number of nitrogens with zero attached hydrogens (tertiary/aromatic N) is 3. The number of aryl methyl sites for hydroxylation is 2. The van der Waals surface area contributed by atoms with Crippen molar-refractivity contribution in [1.82, 2.24) is 14.9 Å². The first-order valence-corrected chi connectivity index (χ1v) is 10.6. The highest BCUT2D eigenvalue weighted by Crippen LogP contribution is 2.43. The Labute approximate surface area is 177 Å². The van der Waals surface area contributed by atoms with E-state index in [1.165, 1.54) is 22.5 Å². The van der Waals surface area contributed by atoms with Gasteiger partial charge in [0.15, 0.2) is 11.5 Å². The fraction of sp³-hybridized carbons (Fsp3) is 0.375. The van der Waals surface area contributed by atoms with Crippen molar-refractivity contribution in [3.63, 3.8) is 0 Å². The zero-order valence-electron chi connectivity index (χ0n) is 17.9. The molecule has 2 aromatic carbocycles. The van der Waals surface area contributed by atoms with Crippen molar-refractivity contribution in [2.75, 3.05) is 45.3 Å². The van der Waals surface area contributed by atoms with Crippen molar-refractivity contribution in [3.05, 3.63) is 47.8 Å². The van der Waals surface area contributed by atoms with E-state index in [2.05, 4.69) is 58.1 Å². The molecular weight excluding hydrogens is 376 g/mol. The molecule has 1 saturated heterocycles. The van der Waals surface area contributed by atoms with Gasteiger partial charge in [0, 0.05) is 49.5 Å². The molecule has 0 amide bonds. The molecule has 2 aliphatic heterocycles. The lowest BCUT2D eigenvalue weighted by Gasteiger charge is -2.29. The maximum atomic E-state index is 5.59. The number of nitrogens with one attached hydrogen (secondary N) is 1. The summed E-state index contributed by atoms with van der Waals surface area (Å²) in [6.07, 6.45) is 0.960. The van der Waals surface area contributed by atoms with Gasteiger partial charge in [-0.3, -0.25) is 0 Å². The molecule has 0 saturated carbocycles. The molecule has 3 heterocycles. The molecule has 6 heteroatoms. The van der Waals surface area contributed by atoms with Gasteiger partial charge in [0.05, 0.1) is 25.6 Å². The lowest BCUT2D eigenvalue weighted by atomic mass is 9.94. The predicted molar refractivity (Wildman–Crippen MR) is 120 cm³/mol. The van der Waals surface area contributed by atoms with E-state index in [0.717, 1.165) is 67.7 Å². The number of piperazine rings is 1. The third-order valence-electron chi connectivity index (χ3n) is 6.25. The second-order valence-corrected chi connectivity index (χ2v) is 7.91.